The number of ether oxygens (including phenoxy) is 2. The Morgan fingerprint density at radius 3 is 1.94 bits per heavy atom. The van der Waals surface area contributed by atoms with E-state index in [-0.39, 0.29) is 13.0 Å². The molecule has 1 amide bonds. The van der Waals surface area contributed by atoms with Gasteiger partial charge in [0.25, 0.3) is 0 Å². The molecule has 0 radical (unpaired) electrons. The Hall–Kier alpha value is -3.35. The van der Waals surface area contributed by atoms with Crippen LogP contribution in [0.15, 0.2) is 54.6 Å². The molecule has 0 bridgehead atoms. The summed E-state index contributed by atoms with van der Waals surface area (Å²) in [6.07, 6.45) is -0.647. The molecular formula is C26H33NO6. The number of carboxylic acids is 1. The van der Waals surface area contributed by atoms with Crippen LogP contribution >= 0.6 is 0 Å². The molecular weight excluding hydrogens is 422 g/mol. The van der Waals surface area contributed by atoms with Gasteiger partial charge in [0.2, 0.25) is 0 Å². The average Bonchev–Trinajstić information content (AvgIpc) is 2.70. The Morgan fingerprint density at radius 2 is 1.45 bits per heavy atom. The quantitative estimate of drug-likeness (QED) is 0.586. The number of carbonyl (C=O) groups excluding carboxylic acids is 2. The zero-order valence-corrected chi connectivity index (χ0v) is 20.1. The summed E-state index contributed by atoms with van der Waals surface area (Å²) in [5, 5.41) is 9.95. The molecule has 0 unspecified atom stereocenters. The lowest BCUT2D eigenvalue weighted by Crippen LogP contribution is -2.55. The Bertz CT molecular complexity index is 955. The molecule has 0 aliphatic heterocycles. The van der Waals surface area contributed by atoms with E-state index in [0.29, 0.717) is 11.1 Å². The highest BCUT2D eigenvalue weighted by atomic mass is 16.6. The van der Waals surface area contributed by atoms with Crippen molar-refractivity contribution in [2.45, 2.75) is 71.8 Å². The molecule has 1 atom stereocenters. The van der Waals surface area contributed by atoms with E-state index < -0.39 is 35.2 Å². The zero-order valence-electron chi connectivity index (χ0n) is 20.1. The maximum Gasteiger partial charge on any atom is 0.411 e. The molecule has 33 heavy (non-hydrogen) atoms. The van der Waals surface area contributed by atoms with Gasteiger partial charge in [0.15, 0.2) is 0 Å². The molecule has 0 spiro atoms. The fourth-order valence-corrected chi connectivity index (χ4v) is 3.28. The number of hydrogen-bond acceptors (Lipinski definition) is 5. The molecule has 0 fully saturated rings. The van der Waals surface area contributed by atoms with Gasteiger partial charge in [-0.3, -0.25) is 4.90 Å². The number of carbonyl (C=O) groups is 3. The van der Waals surface area contributed by atoms with Crippen molar-refractivity contribution in [2.75, 3.05) is 0 Å². The predicted molar refractivity (Wildman–Crippen MR) is 125 cm³/mol. The molecule has 178 valence electrons. The van der Waals surface area contributed by atoms with Gasteiger partial charge < -0.3 is 14.6 Å². The zero-order chi connectivity index (χ0) is 24.8. The van der Waals surface area contributed by atoms with Crippen LogP contribution in [0.4, 0.5) is 4.79 Å². The first kappa shape index (κ1) is 25.9. The van der Waals surface area contributed by atoms with Crippen molar-refractivity contribution in [2.24, 2.45) is 0 Å². The van der Waals surface area contributed by atoms with Gasteiger partial charge in [-0.15, -0.1) is 0 Å². The predicted octanol–water partition coefficient (Wildman–Crippen LogP) is 5.07. The van der Waals surface area contributed by atoms with E-state index in [0.717, 1.165) is 5.56 Å². The number of benzene rings is 2. The summed E-state index contributed by atoms with van der Waals surface area (Å²) in [5.41, 5.74) is 0.435. The highest BCUT2D eigenvalue weighted by Crippen LogP contribution is 2.23. The van der Waals surface area contributed by atoms with Crippen LogP contribution < -0.4 is 0 Å². The second-order valence-corrected chi connectivity index (χ2v) is 9.84. The standard InChI is InChI=1S/C26H33NO6/c1-25(2,3)27(24(31)32-17-19-10-8-7-9-11-19)21(22(28)29)16-18-12-14-20(15-13-18)23(30)33-26(4,5)6/h7-15,21H,16-17H2,1-6H3,(H,28,29)/t21-/m0/s1. The number of aliphatic carboxylic acids is 1. The molecule has 2 rings (SSSR count). The summed E-state index contributed by atoms with van der Waals surface area (Å²) < 4.78 is 10.8. The molecule has 0 heterocycles. The normalized spacial score (nSPS) is 12.5. The smallest absolute Gasteiger partial charge is 0.411 e. The van der Waals surface area contributed by atoms with Gasteiger partial charge >= 0.3 is 18.0 Å². The van der Waals surface area contributed by atoms with Crippen molar-refractivity contribution in [3.63, 3.8) is 0 Å². The fraction of sp³-hybridized carbons (Fsp3) is 0.423. The second-order valence-electron chi connectivity index (χ2n) is 9.84. The minimum absolute atomic E-state index is 0.0448. The van der Waals surface area contributed by atoms with Gasteiger partial charge in [0.1, 0.15) is 18.2 Å². The number of carboxylic acid groups (broad SMARTS) is 1. The van der Waals surface area contributed by atoms with Gasteiger partial charge in [-0.25, -0.2) is 14.4 Å². The first-order valence-corrected chi connectivity index (χ1v) is 10.8. The number of hydrogen-bond donors (Lipinski definition) is 1. The Kier molecular flexibility index (Phi) is 8.25. The minimum Gasteiger partial charge on any atom is -0.480 e. The lowest BCUT2D eigenvalue weighted by molar-refractivity contribution is -0.144. The highest BCUT2D eigenvalue weighted by molar-refractivity contribution is 5.89. The van der Waals surface area contributed by atoms with Gasteiger partial charge in [-0.05, 0) is 64.8 Å². The lowest BCUT2D eigenvalue weighted by Gasteiger charge is -2.39. The van der Waals surface area contributed by atoms with Crippen LogP contribution in [0.25, 0.3) is 0 Å². The van der Waals surface area contributed by atoms with Crippen LogP contribution in [-0.4, -0.2) is 45.2 Å². The molecule has 7 heteroatoms. The van der Waals surface area contributed by atoms with E-state index in [1.165, 1.54) is 4.90 Å². The van der Waals surface area contributed by atoms with Crippen LogP contribution in [-0.2, 0) is 27.3 Å². The molecule has 2 aromatic rings. The van der Waals surface area contributed by atoms with Crippen LogP contribution in [0.2, 0.25) is 0 Å². The Labute approximate surface area is 195 Å². The molecule has 0 aliphatic carbocycles. The maximum absolute atomic E-state index is 13.0. The molecule has 2 aromatic carbocycles. The van der Waals surface area contributed by atoms with Gasteiger partial charge in [0, 0.05) is 12.0 Å². The van der Waals surface area contributed by atoms with Crippen LogP contribution in [0.1, 0.15) is 63.0 Å². The van der Waals surface area contributed by atoms with E-state index in [1.54, 1.807) is 65.8 Å². The summed E-state index contributed by atoms with van der Waals surface area (Å²) >= 11 is 0. The summed E-state index contributed by atoms with van der Waals surface area (Å²) in [4.78, 5) is 38.6. The van der Waals surface area contributed by atoms with E-state index in [1.807, 2.05) is 30.3 Å². The van der Waals surface area contributed by atoms with Crippen LogP contribution in [0.3, 0.4) is 0 Å². The van der Waals surface area contributed by atoms with E-state index in [9.17, 15) is 19.5 Å². The second kappa shape index (κ2) is 10.5. The largest absolute Gasteiger partial charge is 0.480 e. The van der Waals surface area contributed by atoms with Crippen molar-refractivity contribution in [3.8, 4) is 0 Å². The number of nitrogens with zero attached hydrogens (tertiary/aromatic N) is 1. The van der Waals surface area contributed by atoms with Gasteiger partial charge in [-0.1, -0.05) is 42.5 Å². The summed E-state index contributed by atoms with van der Waals surface area (Å²) in [7, 11) is 0. The summed E-state index contributed by atoms with van der Waals surface area (Å²) in [6, 6.07) is 14.6. The third kappa shape index (κ3) is 7.93. The van der Waals surface area contributed by atoms with Crippen molar-refractivity contribution >= 4 is 18.0 Å². The van der Waals surface area contributed by atoms with Crippen molar-refractivity contribution in [1.82, 2.24) is 4.90 Å². The summed E-state index contributed by atoms with van der Waals surface area (Å²) in [6.45, 7) is 10.7. The topological polar surface area (TPSA) is 93.1 Å². The first-order chi connectivity index (χ1) is 15.3. The molecule has 0 aromatic heterocycles. The van der Waals surface area contributed by atoms with E-state index >= 15 is 0 Å². The van der Waals surface area contributed by atoms with Gasteiger partial charge in [-0.2, -0.15) is 0 Å². The molecule has 0 saturated heterocycles. The van der Waals surface area contributed by atoms with E-state index in [4.69, 9.17) is 9.47 Å². The van der Waals surface area contributed by atoms with Crippen LogP contribution in [0, 0.1) is 0 Å². The van der Waals surface area contributed by atoms with Crippen molar-refractivity contribution < 1.29 is 29.0 Å². The molecule has 7 nitrogen and oxygen atoms in total. The SMILES string of the molecule is CC(C)(C)OC(=O)c1ccc(C[C@@H](C(=O)O)N(C(=O)OCc2ccccc2)C(C)(C)C)cc1. The Morgan fingerprint density at radius 1 is 0.879 bits per heavy atom. The molecule has 0 aliphatic rings. The maximum atomic E-state index is 13.0. The summed E-state index contributed by atoms with van der Waals surface area (Å²) in [5.74, 6) is -1.59. The first-order valence-electron chi connectivity index (χ1n) is 10.8. The molecule has 1 N–H and O–H groups in total. The average molecular weight is 456 g/mol. The monoisotopic (exact) mass is 455 g/mol. The van der Waals surface area contributed by atoms with Crippen molar-refractivity contribution in [3.05, 3.63) is 71.3 Å². The number of esters is 1. The number of rotatable bonds is 7. The third-order valence-corrected chi connectivity index (χ3v) is 4.74. The van der Waals surface area contributed by atoms with Crippen LogP contribution in [0.5, 0.6) is 0 Å². The fourth-order valence-electron chi connectivity index (χ4n) is 3.28. The van der Waals surface area contributed by atoms with Crippen molar-refractivity contribution in [1.29, 1.82) is 0 Å². The van der Waals surface area contributed by atoms with Gasteiger partial charge in [0.05, 0.1) is 5.56 Å². The van der Waals surface area contributed by atoms with E-state index in [2.05, 4.69) is 0 Å². The highest BCUT2D eigenvalue weighted by Gasteiger charge is 2.38. The minimum atomic E-state index is -1.15. The molecule has 0 saturated carbocycles. The number of amides is 1. The lowest BCUT2D eigenvalue weighted by atomic mass is 9.98. The Balaban J connectivity index is 2.19. The third-order valence-electron chi connectivity index (χ3n) is 4.74.